The molecular weight excluding hydrogens is 408 g/mol. The summed E-state index contributed by atoms with van der Waals surface area (Å²) in [6, 6.07) is 8.70. The zero-order chi connectivity index (χ0) is 21.3. The van der Waals surface area contributed by atoms with Crippen LogP contribution in [0.25, 0.3) is 16.5 Å². The second-order valence-corrected chi connectivity index (χ2v) is 6.58. The van der Waals surface area contributed by atoms with E-state index in [4.69, 9.17) is 20.9 Å². The van der Waals surface area contributed by atoms with Gasteiger partial charge in [-0.3, -0.25) is 14.2 Å². The molecule has 0 radical (unpaired) electrons. The molecule has 30 heavy (non-hydrogen) atoms. The van der Waals surface area contributed by atoms with Crippen LogP contribution in [-0.2, 0) is 0 Å². The topological polar surface area (TPSA) is 122 Å². The molecule has 3 aromatic rings. The van der Waals surface area contributed by atoms with Crippen molar-refractivity contribution >= 4 is 35.0 Å². The summed E-state index contributed by atoms with van der Waals surface area (Å²) in [5, 5.41) is 0.639. The van der Waals surface area contributed by atoms with Gasteiger partial charge in [0.2, 0.25) is 0 Å². The highest BCUT2D eigenvalue weighted by atomic mass is 35.5. The van der Waals surface area contributed by atoms with E-state index < -0.39 is 5.91 Å². The molecule has 0 unspecified atom stereocenters. The highest BCUT2D eigenvalue weighted by molar-refractivity contribution is 6.10. The highest BCUT2D eigenvalue weighted by Gasteiger charge is 2.19. The first-order valence-electron chi connectivity index (χ1n) is 8.79. The lowest BCUT2D eigenvalue weighted by Gasteiger charge is -2.14. The molecule has 2 aromatic carbocycles. The Labute approximate surface area is 179 Å². The summed E-state index contributed by atoms with van der Waals surface area (Å²) >= 11 is 0. The first-order chi connectivity index (χ1) is 13.8. The predicted molar refractivity (Wildman–Crippen MR) is 120 cm³/mol. The molecule has 0 aliphatic rings. The van der Waals surface area contributed by atoms with E-state index in [1.165, 1.54) is 25.0 Å². The van der Waals surface area contributed by atoms with Gasteiger partial charge in [-0.15, -0.1) is 12.4 Å². The average Bonchev–Trinajstić information content (AvgIpc) is 2.69. The number of hydrogen-bond donors (Lipinski definition) is 2. The van der Waals surface area contributed by atoms with Crippen LogP contribution >= 0.6 is 12.4 Å². The fraction of sp³-hybridized carbons (Fsp3) is 0.190. The molecule has 0 spiro atoms. The number of nitrogens with zero attached hydrogens (tertiary/aromatic N) is 2. The fourth-order valence-corrected chi connectivity index (χ4v) is 3.08. The minimum Gasteiger partial charge on any atom is -0.493 e. The second-order valence-electron chi connectivity index (χ2n) is 6.58. The fourth-order valence-electron chi connectivity index (χ4n) is 3.08. The number of carbonyl (C=O) groups is 1. The molecule has 0 saturated heterocycles. The lowest BCUT2D eigenvalue weighted by molar-refractivity contribution is 0.100. The predicted octanol–water partition coefficient (Wildman–Crippen LogP) is 2.46. The van der Waals surface area contributed by atoms with Gasteiger partial charge in [0.25, 0.3) is 11.5 Å². The van der Waals surface area contributed by atoms with Crippen LogP contribution < -0.4 is 26.5 Å². The van der Waals surface area contributed by atoms with Crippen molar-refractivity contribution in [3.63, 3.8) is 0 Å². The number of carbonyl (C=O) groups excluding carboxylic acids is 1. The normalized spacial score (nSPS) is 10.3. The Morgan fingerprint density at radius 2 is 1.57 bits per heavy atom. The second kappa shape index (κ2) is 8.87. The summed E-state index contributed by atoms with van der Waals surface area (Å²) in [5.74, 6) is -0.287. The van der Waals surface area contributed by atoms with Crippen LogP contribution in [0.1, 0.15) is 21.5 Å². The number of halogens is 1. The van der Waals surface area contributed by atoms with Gasteiger partial charge < -0.3 is 20.9 Å². The van der Waals surface area contributed by atoms with E-state index in [1.807, 2.05) is 32.0 Å². The minimum absolute atomic E-state index is 0. The molecular formula is C21H23ClN4O4. The van der Waals surface area contributed by atoms with E-state index in [1.54, 1.807) is 12.1 Å². The van der Waals surface area contributed by atoms with E-state index in [0.717, 1.165) is 11.1 Å². The van der Waals surface area contributed by atoms with Crippen molar-refractivity contribution in [2.75, 3.05) is 14.2 Å². The van der Waals surface area contributed by atoms with Crippen molar-refractivity contribution in [2.45, 2.75) is 13.8 Å². The number of fused-ring (bicyclic) bond motifs is 1. The molecule has 9 heteroatoms. The van der Waals surface area contributed by atoms with E-state index in [2.05, 4.69) is 4.99 Å². The van der Waals surface area contributed by atoms with Crippen LogP contribution in [0.3, 0.4) is 0 Å². The van der Waals surface area contributed by atoms with Crippen LogP contribution in [0.4, 0.5) is 0 Å². The highest BCUT2D eigenvalue weighted by Crippen LogP contribution is 2.33. The van der Waals surface area contributed by atoms with Crippen molar-refractivity contribution in [3.8, 4) is 17.2 Å². The zero-order valence-corrected chi connectivity index (χ0v) is 17.9. The summed E-state index contributed by atoms with van der Waals surface area (Å²) in [4.78, 5) is 29.6. The van der Waals surface area contributed by atoms with Gasteiger partial charge in [-0.05, 0) is 49.2 Å². The van der Waals surface area contributed by atoms with Crippen molar-refractivity contribution in [1.82, 2.24) is 4.57 Å². The van der Waals surface area contributed by atoms with E-state index in [-0.39, 0.29) is 34.9 Å². The number of guanidine groups is 1. The summed E-state index contributed by atoms with van der Waals surface area (Å²) in [6.45, 7) is 3.93. The number of nitrogens with two attached hydrogens (primary N) is 2. The quantitative estimate of drug-likeness (QED) is 0.484. The number of hydrogen-bond acceptors (Lipinski definition) is 4. The van der Waals surface area contributed by atoms with Crippen LogP contribution in [-0.4, -0.2) is 30.7 Å². The summed E-state index contributed by atoms with van der Waals surface area (Å²) in [6.07, 6.45) is 1.44. The van der Waals surface area contributed by atoms with Crippen LogP contribution in [0.15, 0.2) is 46.3 Å². The smallest absolute Gasteiger partial charge is 0.282 e. The molecule has 158 valence electrons. The molecule has 3 rings (SSSR count). The SMILES string of the molecule is COc1cc2c(C(=O)N=C(N)N)cn(-c3ccc(C)c(C)c3)c(=O)c2cc1OC.Cl. The third kappa shape index (κ3) is 4.08. The molecule has 1 aromatic heterocycles. The van der Waals surface area contributed by atoms with Gasteiger partial charge in [-0.1, -0.05) is 6.07 Å². The molecule has 0 aliphatic heterocycles. The third-order valence-corrected chi connectivity index (χ3v) is 4.75. The van der Waals surface area contributed by atoms with E-state index in [0.29, 0.717) is 22.6 Å². The van der Waals surface area contributed by atoms with Gasteiger partial charge in [-0.25, -0.2) is 0 Å². The maximum atomic E-state index is 13.3. The molecule has 4 N–H and O–H groups in total. The molecule has 0 fully saturated rings. The van der Waals surface area contributed by atoms with Crippen molar-refractivity contribution in [3.05, 3.63) is 63.6 Å². The molecule has 0 aliphatic carbocycles. The zero-order valence-electron chi connectivity index (χ0n) is 17.1. The summed E-state index contributed by atoms with van der Waals surface area (Å²) in [5.41, 5.74) is 13.3. The number of benzene rings is 2. The van der Waals surface area contributed by atoms with Crippen LogP contribution in [0.5, 0.6) is 11.5 Å². The molecule has 1 amide bonds. The first-order valence-corrected chi connectivity index (χ1v) is 8.79. The lowest BCUT2D eigenvalue weighted by atomic mass is 10.0. The number of amides is 1. The summed E-state index contributed by atoms with van der Waals surface area (Å²) in [7, 11) is 2.94. The third-order valence-electron chi connectivity index (χ3n) is 4.75. The van der Waals surface area contributed by atoms with Crippen molar-refractivity contribution in [2.24, 2.45) is 16.5 Å². The number of aliphatic imine (C=N–C) groups is 1. The number of aryl methyl sites for hydroxylation is 2. The molecule has 1 heterocycles. The van der Waals surface area contributed by atoms with Crippen LogP contribution in [0.2, 0.25) is 0 Å². The number of ether oxygens (including phenoxy) is 2. The van der Waals surface area contributed by atoms with Crippen molar-refractivity contribution in [1.29, 1.82) is 0 Å². The van der Waals surface area contributed by atoms with Gasteiger partial charge in [0.05, 0.1) is 25.2 Å². The summed E-state index contributed by atoms with van der Waals surface area (Å²) < 4.78 is 12.0. The van der Waals surface area contributed by atoms with Gasteiger partial charge in [0, 0.05) is 17.3 Å². The van der Waals surface area contributed by atoms with Gasteiger partial charge in [-0.2, -0.15) is 4.99 Å². The minimum atomic E-state index is -0.667. The number of pyridine rings is 1. The molecule has 0 bridgehead atoms. The number of rotatable bonds is 4. The molecule has 0 saturated carbocycles. The standard InChI is InChI=1S/C21H22N4O4.ClH/c1-11-5-6-13(7-12(11)2)25-10-16(19(26)24-21(22)23)14-8-17(28-3)18(29-4)9-15(14)20(25)27;/h5-10H,1-4H3,(H4,22,23,24,26);1H. The van der Waals surface area contributed by atoms with E-state index in [9.17, 15) is 9.59 Å². The Balaban J connectivity index is 0.00000320. The van der Waals surface area contributed by atoms with Crippen LogP contribution in [0, 0.1) is 13.8 Å². The van der Waals surface area contributed by atoms with Gasteiger partial charge in [0.1, 0.15) is 0 Å². The number of methoxy groups -OCH3 is 2. The monoisotopic (exact) mass is 430 g/mol. The Morgan fingerprint density at radius 3 is 2.10 bits per heavy atom. The van der Waals surface area contributed by atoms with E-state index >= 15 is 0 Å². The van der Waals surface area contributed by atoms with Gasteiger partial charge in [0.15, 0.2) is 17.5 Å². The maximum Gasteiger partial charge on any atom is 0.282 e. The Morgan fingerprint density at radius 1 is 0.967 bits per heavy atom. The molecule has 8 nitrogen and oxygen atoms in total. The lowest BCUT2D eigenvalue weighted by Crippen LogP contribution is -2.25. The number of aromatic nitrogens is 1. The van der Waals surface area contributed by atoms with Gasteiger partial charge >= 0.3 is 0 Å². The average molecular weight is 431 g/mol. The first kappa shape index (κ1) is 22.8. The largest absolute Gasteiger partial charge is 0.493 e. The molecule has 0 atom stereocenters. The maximum absolute atomic E-state index is 13.3. The Kier molecular flexibility index (Phi) is 6.73. The Hall–Kier alpha value is -3.52. The van der Waals surface area contributed by atoms with Crippen molar-refractivity contribution < 1.29 is 14.3 Å². The Bertz CT molecular complexity index is 1210.